The van der Waals surface area contributed by atoms with Gasteiger partial charge in [0, 0.05) is 24.0 Å². The number of hydrogen-bond acceptors (Lipinski definition) is 2. The van der Waals surface area contributed by atoms with Gasteiger partial charge in [-0.25, -0.2) is 0 Å². The zero-order chi connectivity index (χ0) is 16.4. The van der Waals surface area contributed by atoms with Crippen molar-refractivity contribution in [3.63, 3.8) is 0 Å². The Labute approximate surface area is 135 Å². The van der Waals surface area contributed by atoms with Gasteiger partial charge < -0.3 is 15.3 Å². The summed E-state index contributed by atoms with van der Waals surface area (Å²) in [7, 11) is 0. The SMILES string of the molecule is CC(C1=CC=C(O)CC1)(c1ccc(O)cc1)c1ccc([OH2+])cc1. The molecule has 1 aliphatic rings. The van der Waals surface area contributed by atoms with Crippen LogP contribution < -0.4 is 0 Å². The number of benzene rings is 2. The highest BCUT2D eigenvalue weighted by molar-refractivity contribution is 5.51. The maximum atomic E-state index is 9.67. The molecule has 0 aromatic heterocycles. The fourth-order valence-electron chi connectivity index (χ4n) is 3.18. The average molecular weight is 309 g/mol. The van der Waals surface area contributed by atoms with E-state index in [1.807, 2.05) is 30.3 Å². The number of phenols is 1. The lowest BCUT2D eigenvalue weighted by atomic mass is 9.68. The van der Waals surface area contributed by atoms with Crippen LogP contribution in [-0.4, -0.2) is 15.3 Å². The van der Waals surface area contributed by atoms with Crippen molar-refractivity contribution in [2.24, 2.45) is 0 Å². The number of aromatic hydroxyl groups is 1. The molecule has 118 valence electrons. The summed E-state index contributed by atoms with van der Waals surface area (Å²) in [6.07, 6.45) is 5.16. The fourth-order valence-corrected chi connectivity index (χ4v) is 3.18. The van der Waals surface area contributed by atoms with Crippen molar-refractivity contribution >= 4 is 0 Å². The lowest BCUT2D eigenvalue weighted by Crippen LogP contribution is -2.27. The molecule has 3 rings (SSSR count). The highest BCUT2D eigenvalue weighted by Crippen LogP contribution is 2.43. The van der Waals surface area contributed by atoms with Crippen LogP contribution in [0.1, 0.15) is 30.9 Å². The first kappa shape index (κ1) is 15.2. The third-order valence-electron chi connectivity index (χ3n) is 4.68. The second-order valence-electron chi connectivity index (χ2n) is 6.10. The van der Waals surface area contributed by atoms with Crippen LogP contribution in [0.4, 0.5) is 0 Å². The predicted octanol–water partition coefficient (Wildman–Crippen LogP) is 4.30. The van der Waals surface area contributed by atoms with Crippen molar-refractivity contribution < 1.29 is 15.3 Å². The molecule has 1 atom stereocenters. The van der Waals surface area contributed by atoms with Crippen molar-refractivity contribution in [2.75, 3.05) is 0 Å². The van der Waals surface area contributed by atoms with E-state index in [1.165, 1.54) is 5.57 Å². The van der Waals surface area contributed by atoms with Gasteiger partial charge in [0.25, 0.3) is 5.75 Å². The van der Waals surface area contributed by atoms with Gasteiger partial charge in [-0.05, 0) is 54.8 Å². The number of aliphatic hydroxyl groups excluding tert-OH is 1. The molecular weight excluding hydrogens is 288 g/mol. The molecule has 23 heavy (non-hydrogen) atoms. The Morgan fingerprint density at radius 3 is 1.91 bits per heavy atom. The molecule has 0 amide bonds. The molecule has 0 spiro atoms. The lowest BCUT2D eigenvalue weighted by Gasteiger charge is -2.35. The first-order chi connectivity index (χ1) is 11.0. The summed E-state index contributed by atoms with van der Waals surface area (Å²) < 4.78 is 0. The minimum absolute atomic E-state index is 0.243. The Hall–Kier alpha value is -2.68. The normalized spacial score (nSPS) is 17.1. The van der Waals surface area contributed by atoms with Crippen LogP contribution in [0, 0.1) is 0 Å². The van der Waals surface area contributed by atoms with Crippen LogP contribution in [0.25, 0.3) is 0 Å². The van der Waals surface area contributed by atoms with Gasteiger partial charge in [0.1, 0.15) is 5.75 Å². The Morgan fingerprint density at radius 2 is 1.39 bits per heavy atom. The molecule has 2 aromatic carbocycles. The summed E-state index contributed by atoms with van der Waals surface area (Å²) >= 11 is 0. The third kappa shape index (κ3) is 2.82. The zero-order valence-electron chi connectivity index (χ0n) is 13.1. The molecule has 0 saturated heterocycles. The summed E-state index contributed by atoms with van der Waals surface area (Å²) in [5.41, 5.74) is 3.02. The topological polar surface area (TPSA) is 63.4 Å². The number of allylic oxidation sites excluding steroid dienone is 4. The van der Waals surface area contributed by atoms with E-state index in [9.17, 15) is 10.2 Å². The van der Waals surface area contributed by atoms with Crippen molar-refractivity contribution in [3.05, 3.63) is 83.1 Å². The van der Waals surface area contributed by atoms with E-state index in [1.54, 1.807) is 30.3 Å². The van der Waals surface area contributed by atoms with Gasteiger partial charge >= 0.3 is 0 Å². The highest BCUT2D eigenvalue weighted by Gasteiger charge is 2.33. The van der Waals surface area contributed by atoms with E-state index in [0.29, 0.717) is 17.9 Å². The quantitative estimate of drug-likeness (QED) is 0.830. The maximum absolute atomic E-state index is 9.67. The minimum Gasteiger partial charge on any atom is -0.593 e. The molecule has 1 unspecified atom stereocenters. The van der Waals surface area contributed by atoms with Crippen LogP contribution in [0.3, 0.4) is 0 Å². The minimum atomic E-state index is -0.363. The van der Waals surface area contributed by atoms with Gasteiger partial charge in [0.05, 0.1) is 5.76 Å². The molecule has 0 heterocycles. The Balaban J connectivity index is 2.16. The summed E-state index contributed by atoms with van der Waals surface area (Å²) in [5.74, 6) is 1.13. The molecule has 0 radical (unpaired) electrons. The van der Waals surface area contributed by atoms with Crippen LogP contribution >= 0.6 is 0 Å². The van der Waals surface area contributed by atoms with Crippen molar-refractivity contribution in [1.82, 2.24) is 0 Å². The largest absolute Gasteiger partial charge is 0.593 e. The summed E-state index contributed by atoms with van der Waals surface area (Å²) in [6, 6.07) is 14.8. The second kappa shape index (κ2) is 5.84. The van der Waals surface area contributed by atoms with E-state index in [4.69, 9.17) is 5.11 Å². The van der Waals surface area contributed by atoms with Crippen molar-refractivity contribution in [1.29, 1.82) is 0 Å². The maximum Gasteiger partial charge on any atom is 0.253 e. The number of hydrogen-bond donors (Lipinski definition) is 2. The first-order valence-electron chi connectivity index (χ1n) is 7.71. The predicted molar refractivity (Wildman–Crippen MR) is 92.1 cm³/mol. The number of rotatable bonds is 3. The van der Waals surface area contributed by atoms with Gasteiger partial charge in [0.2, 0.25) is 0 Å². The van der Waals surface area contributed by atoms with Gasteiger partial charge in [-0.15, -0.1) is 0 Å². The standard InChI is InChI=1S/C20H20O3/c1-20(14-2-8-17(21)9-3-14,15-4-10-18(22)11-5-15)16-6-12-19(23)13-7-16/h2-6,8-12,21-23H,7,13H2,1H3/p+1. The Morgan fingerprint density at radius 1 is 0.826 bits per heavy atom. The average Bonchev–Trinajstić information content (AvgIpc) is 2.56. The van der Waals surface area contributed by atoms with Gasteiger partial charge in [-0.1, -0.05) is 23.8 Å². The second-order valence-corrected chi connectivity index (χ2v) is 6.10. The molecule has 1 aliphatic carbocycles. The fraction of sp³-hybridized carbons (Fsp3) is 0.200. The lowest BCUT2D eigenvalue weighted by molar-refractivity contribution is 0.382. The van der Waals surface area contributed by atoms with E-state index in [0.717, 1.165) is 17.5 Å². The van der Waals surface area contributed by atoms with E-state index < -0.39 is 0 Å². The van der Waals surface area contributed by atoms with E-state index in [2.05, 4.69) is 6.92 Å². The molecule has 0 bridgehead atoms. The smallest absolute Gasteiger partial charge is 0.253 e. The van der Waals surface area contributed by atoms with Crippen LogP contribution in [0.5, 0.6) is 11.5 Å². The summed E-state index contributed by atoms with van der Waals surface area (Å²) in [4.78, 5) is 0. The molecular formula is C20H21O3+. The summed E-state index contributed by atoms with van der Waals surface area (Å²) in [5, 5.41) is 27.0. The highest BCUT2D eigenvalue weighted by atomic mass is 16.3. The molecule has 3 nitrogen and oxygen atoms in total. The van der Waals surface area contributed by atoms with Crippen molar-refractivity contribution in [3.8, 4) is 11.5 Å². The van der Waals surface area contributed by atoms with Gasteiger partial charge in [-0.2, -0.15) is 0 Å². The molecule has 2 aromatic rings. The Bertz CT molecular complexity index is 707. The van der Waals surface area contributed by atoms with E-state index in [-0.39, 0.29) is 11.2 Å². The molecule has 0 fully saturated rings. The monoisotopic (exact) mass is 309 g/mol. The number of aliphatic hydroxyl groups is 1. The zero-order valence-corrected chi connectivity index (χ0v) is 13.1. The van der Waals surface area contributed by atoms with Crippen LogP contribution in [0.15, 0.2) is 72.0 Å². The van der Waals surface area contributed by atoms with Crippen LogP contribution in [-0.2, 0) is 5.41 Å². The molecule has 4 N–H and O–H groups in total. The third-order valence-corrected chi connectivity index (χ3v) is 4.68. The van der Waals surface area contributed by atoms with E-state index >= 15 is 0 Å². The Kier molecular flexibility index (Phi) is 3.87. The van der Waals surface area contributed by atoms with Crippen LogP contribution in [0.2, 0.25) is 0 Å². The molecule has 0 saturated carbocycles. The van der Waals surface area contributed by atoms with Crippen molar-refractivity contribution in [2.45, 2.75) is 25.2 Å². The molecule has 3 heteroatoms. The molecule has 0 aliphatic heterocycles. The number of phenolic OH excluding ortho intramolecular Hbond substituents is 1. The van der Waals surface area contributed by atoms with Gasteiger partial charge in [0.15, 0.2) is 0 Å². The van der Waals surface area contributed by atoms with Gasteiger partial charge in [-0.3, -0.25) is 0 Å². The summed E-state index contributed by atoms with van der Waals surface area (Å²) in [6.45, 7) is 2.15. The first-order valence-corrected chi connectivity index (χ1v) is 7.71.